The minimum atomic E-state index is -0.378. The molecule has 2 rings (SSSR count). The quantitative estimate of drug-likeness (QED) is 0.307. The third-order valence-corrected chi connectivity index (χ3v) is 5.16. The zero-order chi connectivity index (χ0) is 19.1. The zero-order valence-electron chi connectivity index (χ0n) is 14.5. The number of aromatic hydroxyl groups is 1. The van der Waals surface area contributed by atoms with Crippen molar-refractivity contribution >= 4 is 50.6 Å². The maximum absolute atomic E-state index is 11.8. The number of hydrogen-bond donors (Lipinski definition) is 2. The van der Waals surface area contributed by atoms with Crippen LogP contribution in [0.15, 0.2) is 46.0 Å². The van der Waals surface area contributed by atoms with Crippen molar-refractivity contribution < 1.29 is 14.6 Å². The van der Waals surface area contributed by atoms with Gasteiger partial charge in [0.15, 0.2) is 6.61 Å². The van der Waals surface area contributed by atoms with Crippen molar-refractivity contribution in [3.63, 3.8) is 0 Å². The largest absolute Gasteiger partial charge is 0.506 e. The zero-order valence-corrected chi connectivity index (χ0v) is 18.2. The second-order valence-electron chi connectivity index (χ2n) is 5.79. The van der Waals surface area contributed by atoms with Gasteiger partial charge >= 0.3 is 0 Å². The van der Waals surface area contributed by atoms with Crippen molar-refractivity contribution in [3.8, 4) is 11.5 Å². The second kappa shape index (κ2) is 9.91. The molecule has 0 spiro atoms. The summed E-state index contributed by atoms with van der Waals surface area (Å²) >= 11 is 5.37. The Balaban J connectivity index is 1.86. The summed E-state index contributed by atoms with van der Waals surface area (Å²) in [6.45, 7) is 4.18. The number of phenols is 1. The molecule has 1 atom stereocenters. The topological polar surface area (TPSA) is 70.9 Å². The lowest BCUT2D eigenvalue weighted by Gasteiger charge is -2.10. The highest BCUT2D eigenvalue weighted by molar-refractivity contribution is 14.1. The van der Waals surface area contributed by atoms with E-state index in [-0.39, 0.29) is 18.3 Å². The van der Waals surface area contributed by atoms with Crippen LogP contribution in [0.4, 0.5) is 0 Å². The highest BCUT2D eigenvalue weighted by Gasteiger charge is 2.07. The number of amides is 1. The average Bonchev–Trinajstić information content (AvgIpc) is 2.63. The van der Waals surface area contributed by atoms with Crippen molar-refractivity contribution in [2.45, 2.75) is 26.2 Å². The van der Waals surface area contributed by atoms with Crippen molar-refractivity contribution in [1.82, 2.24) is 5.43 Å². The number of nitrogens with one attached hydrogen (secondary N) is 1. The Morgan fingerprint density at radius 1 is 1.38 bits per heavy atom. The van der Waals surface area contributed by atoms with Gasteiger partial charge in [-0.2, -0.15) is 5.10 Å². The molecule has 0 aromatic heterocycles. The fraction of sp³-hybridized carbons (Fsp3) is 0.263. The number of carbonyl (C=O) groups excluding carboxylic acids is 1. The van der Waals surface area contributed by atoms with E-state index in [2.05, 4.69) is 40.3 Å². The van der Waals surface area contributed by atoms with Crippen LogP contribution in [-0.4, -0.2) is 23.8 Å². The third-order valence-electron chi connectivity index (χ3n) is 3.88. The first-order valence-corrected chi connectivity index (χ1v) is 10.0. The van der Waals surface area contributed by atoms with Crippen LogP contribution in [0.2, 0.25) is 0 Å². The summed E-state index contributed by atoms with van der Waals surface area (Å²) in [6.07, 6.45) is 2.47. The molecule has 0 saturated carbocycles. The molecule has 26 heavy (non-hydrogen) atoms. The third kappa shape index (κ3) is 5.98. The SMILES string of the molecule is CC[C@@H](C)c1ccc(OCC(=O)N/N=C\c2cc(Br)cc(I)c2O)cc1. The van der Waals surface area contributed by atoms with E-state index < -0.39 is 0 Å². The molecule has 0 unspecified atom stereocenters. The van der Waals surface area contributed by atoms with Crippen molar-refractivity contribution in [2.24, 2.45) is 5.10 Å². The van der Waals surface area contributed by atoms with Crippen molar-refractivity contribution in [2.75, 3.05) is 6.61 Å². The van der Waals surface area contributed by atoms with E-state index in [0.717, 1.165) is 10.9 Å². The lowest BCUT2D eigenvalue weighted by Crippen LogP contribution is -2.24. The normalized spacial score (nSPS) is 12.2. The highest BCUT2D eigenvalue weighted by Crippen LogP contribution is 2.27. The van der Waals surface area contributed by atoms with Gasteiger partial charge < -0.3 is 9.84 Å². The van der Waals surface area contributed by atoms with Crippen LogP contribution in [0.1, 0.15) is 37.3 Å². The predicted molar refractivity (Wildman–Crippen MR) is 115 cm³/mol. The molecule has 0 bridgehead atoms. The molecule has 0 radical (unpaired) electrons. The van der Waals surface area contributed by atoms with Crippen LogP contribution in [-0.2, 0) is 4.79 Å². The van der Waals surface area contributed by atoms with E-state index in [1.54, 1.807) is 12.1 Å². The molecule has 0 saturated heterocycles. The summed E-state index contributed by atoms with van der Waals surface area (Å²) in [5.74, 6) is 0.871. The molecule has 0 aliphatic carbocycles. The number of hydrogen-bond acceptors (Lipinski definition) is 4. The Morgan fingerprint density at radius 3 is 2.73 bits per heavy atom. The summed E-state index contributed by atoms with van der Waals surface area (Å²) < 4.78 is 6.96. The van der Waals surface area contributed by atoms with Gasteiger partial charge in [0.25, 0.3) is 5.91 Å². The number of carbonyl (C=O) groups is 1. The van der Waals surface area contributed by atoms with Gasteiger partial charge in [-0.25, -0.2) is 5.43 Å². The van der Waals surface area contributed by atoms with E-state index in [4.69, 9.17) is 4.74 Å². The Bertz CT molecular complexity index is 794. The van der Waals surface area contributed by atoms with Crippen LogP contribution in [0.25, 0.3) is 0 Å². The Morgan fingerprint density at radius 2 is 2.08 bits per heavy atom. The predicted octanol–water partition coefficient (Wildman–Crippen LogP) is 4.80. The fourth-order valence-electron chi connectivity index (χ4n) is 2.17. The first-order chi connectivity index (χ1) is 12.4. The minimum Gasteiger partial charge on any atom is -0.506 e. The van der Waals surface area contributed by atoms with E-state index in [9.17, 15) is 9.90 Å². The van der Waals surface area contributed by atoms with Gasteiger partial charge in [-0.3, -0.25) is 4.79 Å². The number of rotatable bonds is 7. The maximum Gasteiger partial charge on any atom is 0.277 e. The summed E-state index contributed by atoms with van der Waals surface area (Å²) in [4.78, 5) is 11.8. The fourth-order valence-corrected chi connectivity index (χ4v) is 3.72. The number of ether oxygens (including phenoxy) is 1. The average molecular weight is 531 g/mol. The molecule has 2 aromatic rings. The summed E-state index contributed by atoms with van der Waals surface area (Å²) in [5, 5.41) is 13.8. The van der Waals surface area contributed by atoms with Gasteiger partial charge in [0.2, 0.25) is 0 Å². The van der Waals surface area contributed by atoms with Gasteiger partial charge in [-0.15, -0.1) is 0 Å². The Labute approximate surface area is 175 Å². The molecule has 0 fully saturated rings. The van der Waals surface area contributed by atoms with Crippen LogP contribution < -0.4 is 10.2 Å². The summed E-state index contributed by atoms with van der Waals surface area (Å²) in [6, 6.07) is 11.2. The molecule has 0 aliphatic rings. The number of nitrogens with zero attached hydrogens (tertiary/aromatic N) is 1. The standard InChI is InChI=1S/C19H20BrIN2O3/c1-3-12(2)13-4-6-16(7-5-13)26-11-18(24)23-22-10-14-8-15(20)9-17(21)19(14)25/h4-10,12,25H,3,11H2,1-2H3,(H,23,24)/b22-10-/t12-/m1/s1. The number of halogens is 2. The molecule has 1 amide bonds. The monoisotopic (exact) mass is 530 g/mol. The number of hydrazone groups is 1. The van der Waals surface area contributed by atoms with E-state index in [0.29, 0.717) is 20.8 Å². The van der Waals surface area contributed by atoms with Crippen LogP contribution in [0.5, 0.6) is 11.5 Å². The van der Waals surface area contributed by atoms with Gasteiger partial charge in [0, 0.05) is 10.0 Å². The minimum absolute atomic E-state index is 0.115. The molecule has 2 N–H and O–H groups in total. The second-order valence-corrected chi connectivity index (χ2v) is 7.86. The van der Waals surface area contributed by atoms with Crippen LogP contribution in [0, 0.1) is 3.57 Å². The van der Waals surface area contributed by atoms with E-state index in [1.165, 1.54) is 11.8 Å². The van der Waals surface area contributed by atoms with E-state index >= 15 is 0 Å². The molecule has 2 aromatic carbocycles. The highest BCUT2D eigenvalue weighted by atomic mass is 127. The first kappa shape index (κ1) is 20.7. The summed E-state index contributed by atoms with van der Waals surface area (Å²) in [7, 11) is 0. The van der Waals surface area contributed by atoms with Gasteiger partial charge in [-0.05, 0) is 64.8 Å². The van der Waals surface area contributed by atoms with Crippen LogP contribution in [0.3, 0.4) is 0 Å². The maximum atomic E-state index is 11.8. The molecule has 7 heteroatoms. The Hall–Kier alpha value is -1.61. The molecule has 0 aliphatic heterocycles. The Kier molecular flexibility index (Phi) is 7.89. The van der Waals surface area contributed by atoms with Crippen molar-refractivity contribution in [3.05, 3.63) is 55.6 Å². The first-order valence-electron chi connectivity index (χ1n) is 8.13. The molecule has 0 heterocycles. The number of phenolic OH excluding ortho intramolecular Hbond substituents is 1. The lowest BCUT2D eigenvalue weighted by molar-refractivity contribution is -0.123. The van der Waals surface area contributed by atoms with Crippen molar-refractivity contribution in [1.29, 1.82) is 0 Å². The number of benzene rings is 2. The summed E-state index contributed by atoms with van der Waals surface area (Å²) in [5.41, 5.74) is 4.14. The van der Waals surface area contributed by atoms with Gasteiger partial charge in [-0.1, -0.05) is 41.9 Å². The van der Waals surface area contributed by atoms with Gasteiger partial charge in [0.05, 0.1) is 9.78 Å². The van der Waals surface area contributed by atoms with E-state index in [1.807, 2.05) is 46.9 Å². The van der Waals surface area contributed by atoms with Crippen LogP contribution >= 0.6 is 38.5 Å². The molecule has 138 valence electrons. The smallest absolute Gasteiger partial charge is 0.277 e. The lowest BCUT2D eigenvalue weighted by atomic mass is 9.99. The molecule has 5 nitrogen and oxygen atoms in total. The molecular weight excluding hydrogens is 511 g/mol. The van der Waals surface area contributed by atoms with Gasteiger partial charge in [0.1, 0.15) is 11.5 Å². The molecular formula is C19H20BrIN2O3.